The van der Waals surface area contributed by atoms with Crippen LogP contribution in [0.2, 0.25) is 0 Å². The third-order valence-corrected chi connectivity index (χ3v) is 9.18. The fraction of sp³-hybridized carbons (Fsp3) is 0. The number of para-hydroxylation sites is 1. The van der Waals surface area contributed by atoms with Gasteiger partial charge in [-0.1, -0.05) is 103 Å². The maximum atomic E-state index is 2.35. The van der Waals surface area contributed by atoms with Crippen LogP contribution in [0.3, 0.4) is 0 Å². The third kappa shape index (κ3) is 4.43. The normalized spacial score (nSPS) is 11.3. The predicted molar refractivity (Wildman–Crippen MR) is 182 cm³/mol. The summed E-state index contributed by atoms with van der Waals surface area (Å²) in [6, 6.07) is 59.1. The van der Waals surface area contributed by atoms with Crippen LogP contribution >= 0.6 is 11.3 Å². The van der Waals surface area contributed by atoms with Crippen LogP contribution in [0.5, 0.6) is 0 Å². The second kappa shape index (κ2) is 10.3. The Bertz CT molecular complexity index is 2160. The Hall–Kier alpha value is -5.18. The molecule has 0 saturated heterocycles. The molecule has 1 aromatic heterocycles. The van der Waals surface area contributed by atoms with Gasteiger partial charge >= 0.3 is 0 Å². The second-order valence-electron chi connectivity index (χ2n) is 10.6. The molecule has 8 rings (SSSR count). The van der Waals surface area contributed by atoms with Crippen LogP contribution in [0.15, 0.2) is 164 Å². The zero-order valence-corrected chi connectivity index (χ0v) is 23.8. The molecule has 8 aromatic rings. The van der Waals surface area contributed by atoms with Gasteiger partial charge in [0.15, 0.2) is 0 Å². The lowest BCUT2D eigenvalue weighted by molar-refractivity contribution is 1.28. The average Bonchev–Trinajstić information content (AvgIpc) is 3.42. The maximum Gasteiger partial charge on any atom is 0.0462 e. The molecule has 0 bridgehead atoms. The molecular formula is C40H27NS. The molecule has 0 N–H and O–H groups in total. The van der Waals surface area contributed by atoms with E-state index in [4.69, 9.17) is 0 Å². The monoisotopic (exact) mass is 553 g/mol. The Labute approximate surface area is 249 Å². The van der Waals surface area contributed by atoms with E-state index in [1.165, 1.54) is 53.2 Å². The van der Waals surface area contributed by atoms with E-state index in [9.17, 15) is 0 Å². The molecule has 2 heteroatoms. The van der Waals surface area contributed by atoms with Crippen molar-refractivity contribution in [3.8, 4) is 22.3 Å². The SMILES string of the molecule is c1ccc(-c2ccc(N(c3ccccc3)c3ccc(-c4ccc5cc6c(cc5c4)sc4ccccc46)cc3)cc2)cc1. The van der Waals surface area contributed by atoms with Gasteiger partial charge in [0, 0.05) is 37.2 Å². The van der Waals surface area contributed by atoms with E-state index in [1.807, 2.05) is 11.3 Å². The third-order valence-electron chi connectivity index (χ3n) is 8.04. The number of benzene rings is 7. The second-order valence-corrected chi connectivity index (χ2v) is 11.7. The molecule has 0 saturated carbocycles. The molecule has 198 valence electrons. The van der Waals surface area contributed by atoms with Crippen LogP contribution < -0.4 is 4.90 Å². The molecule has 0 atom stereocenters. The predicted octanol–water partition coefficient (Wildman–Crippen LogP) is 12.0. The Morgan fingerprint density at radius 1 is 0.333 bits per heavy atom. The van der Waals surface area contributed by atoms with E-state index >= 15 is 0 Å². The number of thiophene rings is 1. The quantitative estimate of drug-likeness (QED) is 0.205. The van der Waals surface area contributed by atoms with Crippen molar-refractivity contribution in [3.63, 3.8) is 0 Å². The minimum Gasteiger partial charge on any atom is -0.311 e. The first-order valence-electron chi connectivity index (χ1n) is 14.3. The van der Waals surface area contributed by atoms with Gasteiger partial charge in [0.05, 0.1) is 0 Å². The van der Waals surface area contributed by atoms with Gasteiger partial charge < -0.3 is 4.90 Å². The van der Waals surface area contributed by atoms with Crippen molar-refractivity contribution >= 4 is 59.3 Å². The lowest BCUT2D eigenvalue weighted by atomic mass is 9.99. The summed E-state index contributed by atoms with van der Waals surface area (Å²) in [7, 11) is 0. The summed E-state index contributed by atoms with van der Waals surface area (Å²) in [4.78, 5) is 2.32. The molecule has 0 spiro atoms. The lowest BCUT2D eigenvalue weighted by Gasteiger charge is -2.26. The first-order chi connectivity index (χ1) is 20.8. The molecular weight excluding hydrogens is 527 g/mol. The van der Waals surface area contributed by atoms with E-state index in [2.05, 4.69) is 169 Å². The summed E-state index contributed by atoms with van der Waals surface area (Å²) >= 11 is 1.87. The minimum atomic E-state index is 1.13. The summed E-state index contributed by atoms with van der Waals surface area (Å²) in [6.45, 7) is 0. The summed E-state index contributed by atoms with van der Waals surface area (Å²) in [5.74, 6) is 0. The van der Waals surface area contributed by atoms with Gasteiger partial charge in [-0.15, -0.1) is 11.3 Å². The molecule has 1 nitrogen and oxygen atoms in total. The van der Waals surface area contributed by atoms with E-state index < -0.39 is 0 Å². The first kappa shape index (κ1) is 24.6. The van der Waals surface area contributed by atoms with Crippen molar-refractivity contribution < 1.29 is 0 Å². The molecule has 1 heterocycles. The fourth-order valence-corrected chi connectivity index (χ4v) is 7.04. The van der Waals surface area contributed by atoms with Gasteiger partial charge in [-0.2, -0.15) is 0 Å². The van der Waals surface area contributed by atoms with E-state index in [0.29, 0.717) is 0 Å². The smallest absolute Gasteiger partial charge is 0.0462 e. The Morgan fingerprint density at radius 3 is 1.60 bits per heavy atom. The maximum absolute atomic E-state index is 2.35. The Balaban J connectivity index is 1.15. The number of hydrogen-bond acceptors (Lipinski definition) is 2. The van der Waals surface area contributed by atoms with Gasteiger partial charge in [0.2, 0.25) is 0 Å². The van der Waals surface area contributed by atoms with Crippen molar-refractivity contribution in [2.75, 3.05) is 4.90 Å². The summed E-state index contributed by atoms with van der Waals surface area (Å²) < 4.78 is 2.68. The Morgan fingerprint density at radius 2 is 0.881 bits per heavy atom. The summed E-state index contributed by atoms with van der Waals surface area (Å²) in [5.41, 5.74) is 8.28. The summed E-state index contributed by atoms with van der Waals surface area (Å²) in [6.07, 6.45) is 0. The highest BCUT2D eigenvalue weighted by molar-refractivity contribution is 7.25. The van der Waals surface area contributed by atoms with Crippen LogP contribution in [0.4, 0.5) is 17.1 Å². The highest BCUT2D eigenvalue weighted by atomic mass is 32.1. The summed E-state index contributed by atoms with van der Waals surface area (Å²) in [5, 5.41) is 5.25. The molecule has 0 unspecified atom stereocenters. The van der Waals surface area contributed by atoms with Crippen molar-refractivity contribution in [2.45, 2.75) is 0 Å². The highest BCUT2D eigenvalue weighted by Gasteiger charge is 2.13. The first-order valence-corrected chi connectivity index (χ1v) is 15.1. The molecule has 0 amide bonds. The minimum absolute atomic E-state index is 1.13. The number of anilines is 3. The van der Waals surface area contributed by atoms with Crippen LogP contribution in [-0.2, 0) is 0 Å². The number of nitrogens with zero attached hydrogens (tertiary/aromatic N) is 1. The van der Waals surface area contributed by atoms with Crippen molar-refractivity contribution in [1.29, 1.82) is 0 Å². The number of hydrogen-bond donors (Lipinski definition) is 0. The van der Waals surface area contributed by atoms with Crippen LogP contribution in [-0.4, -0.2) is 0 Å². The largest absolute Gasteiger partial charge is 0.311 e. The molecule has 0 aliphatic rings. The molecule has 0 aliphatic carbocycles. The van der Waals surface area contributed by atoms with E-state index in [-0.39, 0.29) is 0 Å². The molecule has 0 aliphatic heterocycles. The van der Waals surface area contributed by atoms with Crippen LogP contribution in [0, 0.1) is 0 Å². The van der Waals surface area contributed by atoms with E-state index in [0.717, 1.165) is 17.1 Å². The highest BCUT2D eigenvalue weighted by Crippen LogP contribution is 2.39. The van der Waals surface area contributed by atoms with Gasteiger partial charge in [-0.05, 0) is 93.7 Å². The average molecular weight is 554 g/mol. The zero-order chi connectivity index (χ0) is 27.9. The number of fused-ring (bicyclic) bond motifs is 4. The fourth-order valence-electron chi connectivity index (χ4n) is 5.91. The lowest BCUT2D eigenvalue weighted by Crippen LogP contribution is -2.09. The van der Waals surface area contributed by atoms with E-state index in [1.54, 1.807) is 0 Å². The Kier molecular flexibility index (Phi) is 6.05. The van der Waals surface area contributed by atoms with Gasteiger partial charge in [-0.25, -0.2) is 0 Å². The van der Waals surface area contributed by atoms with Crippen molar-refractivity contribution in [3.05, 3.63) is 164 Å². The zero-order valence-electron chi connectivity index (χ0n) is 22.9. The van der Waals surface area contributed by atoms with Crippen molar-refractivity contribution in [1.82, 2.24) is 0 Å². The van der Waals surface area contributed by atoms with Crippen molar-refractivity contribution in [2.24, 2.45) is 0 Å². The topological polar surface area (TPSA) is 3.24 Å². The van der Waals surface area contributed by atoms with Gasteiger partial charge in [0.25, 0.3) is 0 Å². The molecule has 0 fully saturated rings. The number of rotatable bonds is 5. The molecule has 0 radical (unpaired) electrons. The standard InChI is InChI=1S/C40H27NS/c1-3-9-28(10-4-1)29-17-21-35(22-18-29)41(34-11-5-2-6-12-34)36-23-19-30(20-24-36)31-15-16-32-26-38-37-13-7-8-14-39(37)42-40(38)27-33(32)25-31/h1-27H. The van der Waals surface area contributed by atoms with Gasteiger partial charge in [-0.3, -0.25) is 0 Å². The molecule has 7 aromatic carbocycles. The van der Waals surface area contributed by atoms with Crippen LogP contribution in [0.1, 0.15) is 0 Å². The van der Waals surface area contributed by atoms with Gasteiger partial charge in [0.1, 0.15) is 0 Å². The molecule has 42 heavy (non-hydrogen) atoms. The van der Waals surface area contributed by atoms with Crippen LogP contribution in [0.25, 0.3) is 53.2 Å².